The van der Waals surface area contributed by atoms with Crippen LogP contribution in [-0.4, -0.2) is 33.2 Å². The molecule has 0 spiro atoms. The second-order valence-corrected chi connectivity index (χ2v) is 3.50. The van der Waals surface area contributed by atoms with Gasteiger partial charge in [0, 0.05) is 11.4 Å². The lowest BCUT2D eigenvalue weighted by Gasteiger charge is -1.99. The van der Waals surface area contributed by atoms with Gasteiger partial charge in [0.2, 0.25) is 5.82 Å². The standard InChI is InChI=1S/C10H11ClN4O/c1-16-9-4-2-8(3-5-9)10-12-14-15(13-10)7-6-11/h2-5H,6-7H2,1H3. The molecule has 0 saturated carbocycles. The maximum atomic E-state index is 5.59. The fraction of sp³-hybridized carbons (Fsp3) is 0.300. The van der Waals surface area contributed by atoms with Crippen molar-refractivity contribution < 1.29 is 4.74 Å². The van der Waals surface area contributed by atoms with E-state index in [9.17, 15) is 0 Å². The number of hydrogen-bond acceptors (Lipinski definition) is 4. The molecule has 0 radical (unpaired) electrons. The fourth-order valence-electron chi connectivity index (χ4n) is 1.27. The summed E-state index contributed by atoms with van der Waals surface area (Å²) >= 11 is 5.59. The second kappa shape index (κ2) is 4.94. The Morgan fingerprint density at radius 3 is 2.69 bits per heavy atom. The quantitative estimate of drug-likeness (QED) is 0.759. The van der Waals surface area contributed by atoms with Crippen LogP contribution in [0.4, 0.5) is 0 Å². The van der Waals surface area contributed by atoms with Gasteiger partial charge in [-0.3, -0.25) is 0 Å². The number of aromatic nitrogens is 4. The van der Waals surface area contributed by atoms with Gasteiger partial charge in [-0.1, -0.05) is 0 Å². The number of tetrazole rings is 1. The lowest BCUT2D eigenvalue weighted by Crippen LogP contribution is -2.03. The molecule has 1 heterocycles. The molecule has 0 saturated heterocycles. The fourth-order valence-corrected chi connectivity index (χ4v) is 1.42. The van der Waals surface area contributed by atoms with E-state index >= 15 is 0 Å². The van der Waals surface area contributed by atoms with Gasteiger partial charge < -0.3 is 4.74 Å². The zero-order chi connectivity index (χ0) is 11.4. The third-order valence-electron chi connectivity index (χ3n) is 2.09. The number of halogens is 1. The maximum absolute atomic E-state index is 5.59. The Morgan fingerprint density at radius 2 is 2.06 bits per heavy atom. The van der Waals surface area contributed by atoms with Gasteiger partial charge in [-0.25, -0.2) is 0 Å². The Kier molecular flexibility index (Phi) is 3.36. The summed E-state index contributed by atoms with van der Waals surface area (Å²) in [6, 6.07) is 7.50. The molecule has 0 aliphatic carbocycles. The molecule has 16 heavy (non-hydrogen) atoms. The topological polar surface area (TPSA) is 52.8 Å². The number of benzene rings is 1. The van der Waals surface area contributed by atoms with Crippen molar-refractivity contribution in [3.8, 4) is 17.1 Å². The molecule has 0 N–H and O–H groups in total. The Balaban J connectivity index is 2.21. The van der Waals surface area contributed by atoms with Crippen LogP contribution in [0.25, 0.3) is 11.4 Å². The van der Waals surface area contributed by atoms with Crippen molar-refractivity contribution in [2.75, 3.05) is 13.0 Å². The molecular formula is C10H11ClN4O. The normalized spacial score (nSPS) is 10.4. The van der Waals surface area contributed by atoms with E-state index in [4.69, 9.17) is 16.3 Å². The molecule has 0 unspecified atom stereocenters. The molecule has 1 aromatic carbocycles. The summed E-state index contributed by atoms with van der Waals surface area (Å²) in [7, 11) is 1.63. The van der Waals surface area contributed by atoms with Crippen LogP contribution in [0.15, 0.2) is 24.3 Å². The van der Waals surface area contributed by atoms with Gasteiger partial charge in [-0.05, 0) is 29.5 Å². The number of hydrogen-bond donors (Lipinski definition) is 0. The summed E-state index contributed by atoms with van der Waals surface area (Å²) in [5.74, 6) is 1.86. The van der Waals surface area contributed by atoms with E-state index < -0.39 is 0 Å². The molecule has 1 aromatic heterocycles. The average Bonchev–Trinajstić information content (AvgIpc) is 2.78. The number of methoxy groups -OCH3 is 1. The summed E-state index contributed by atoms with van der Waals surface area (Å²) in [6.07, 6.45) is 0. The van der Waals surface area contributed by atoms with E-state index in [1.54, 1.807) is 7.11 Å². The number of alkyl halides is 1. The largest absolute Gasteiger partial charge is 0.497 e. The summed E-state index contributed by atoms with van der Waals surface area (Å²) in [5, 5.41) is 12.0. The summed E-state index contributed by atoms with van der Waals surface area (Å²) < 4.78 is 5.07. The first-order chi connectivity index (χ1) is 7.83. The van der Waals surface area contributed by atoms with Crippen LogP contribution in [0.5, 0.6) is 5.75 Å². The number of aryl methyl sites for hydroxylation is 1. The SMILES string of the molecule is COc1ccc(-c2nnn(CCCl)n2)cc1. The smallest absolute Gasteiger partial charge is 0.204 e. The number of ether oxygens (including phenoxy) is 1. The monoisotopic (exact) mass is 238 g/mol. The highest BCUT2D eigenvalue weighted by Gasteiger charge is 2.05. The van der Waals surface area contributed by atoms with Gasteiger partial charge in [0.25, 0.3) is 0 Å². The van der Waals surface area contributed by atoms with Crippen molar-refractivity contribution in [2.24, 2.45) is 0 Å². The van der Waals surface area contributed by atoms with Crippen molar-refractivity contribution in [1.82, 2.24) is 20.2 Å². The molecule has 0 amide bonds. The number of nitrogens with zero attached hydrogens (tertiary/aromatic N) is 4. The highest BCUT2D eigenvalue weighted by atomic mass is 35.5. The Bertz CT molecular complexity index is 454. The minimum Gasteiger partial charge on any atom is -0.497 e. The van der Waals surface area contributed by atoms with E-state index in [-0.39, 0.29) is 0 Å². The van der Waals surface area contributed by atoms with E-state index in [1.165, 1.54) is 4.80 Å². The van der Waals surface area contributed by atoms with Gasteiger partial charge in [-0.2, -0.15) is 4.80 Å². The van der Waals surface area contributed by atoms with Crippen molar-refractivity contribution in [3.63, 3.8) is 0 Å². The first-order valence-corrected chi connectivity index (χ1v) is 5.35. The minimum atomic E-state index is 0.471. The zero-order valence-electron chi connectivity index (χ0n) is 8.80. The first-order valence-electron chi connectivity index (χ1n) is 4.81. The van der Waals surface area contributed by atoms with Crippen LogP contribution in [0.3, 0.4) is 0 Å². The van der Waals surface area contributed by atoms with Crippen LogP contribution in [-0.2, 0) is 6.54 Å². The highest BCUT2D eigenvalue weighted by molar-refractivity contribution is 6.17. The predicted molar refractivity (Wildman–Crippen MR) is 60.5 cm³/mol. The van der Waals surface area contributed by atoms with E-state index in [0.29, 0.717) is 18.2 Å². The van der Waals surface area contributed by atoms with E-state index in [1.807, 2.05) is 24.3 Å². The molecule has 5 nitrogen and oxygen atoms in total. The molecule has 0 bridgehead atoms. The third kappa shape index (κ3) is 2.30. The zero-order valence-corrected chi connectivity index (χ0v) is 9.55. The summed E-state index contributed by atoms with van der Waals surface area (Å²) in [5.41, 5.74) is 0.904. The highest BCUT2D eigenvalue weighted by Crippen LogP contribution is 2.18. The van der Waals surface area contributed by atoms with Gasteiger partial charge in [0.1, 0.15) is 5.75 Å². The van der Waals surface area contributed by atoms with Crippen molar-refractivity contribution >= 4 is 11.6 Å². The molecular weight excluding hydrogens is 228 g/mol. The lowest BCUT2D eigenvalue weighted by molar-refractivity contribution is 0.415. The average molecular weight is 239 g/mol. The maximum Gasteiger partial charge on any atom is 0.204 e. The summed E-state index contributed by atoms with van der Waals surface area (Å²) in [6.45, 7) is 0.560. The van der Waals surface area contributed by atoms with E-state index in [2.05, 4.69) is 15.4 Å². The Morgan fingerprint density at radius 1 is 1.31 bits per heavy atom. The number of rotatable bonds is 4. The molecule has 0 atom stereocenters. The van der Waals surface area contributed by atoms with Crippen molar-refractivity contribution in [1.29, 1.82) is 0 Å². The molecule has 2 rings (SSSR count). The van der Waals surface area contributed by atoms with Crippen molar-refractivity contribution in [3.05, 3.63) is 24.3 Å². The van der Waals surface area contributed by atoms with Crippen LogP contribution in [0.2, 0.25) is 0 Å². The third-order valence-corrected chi connectivity index (χ3v) is 2.25. The van der Waals surface area contributed by atoms with Crippen LogP contribution < -0.4 is 4.74 Å². The minimum absolute atomic E-state index is 0.471. The van der Waals surface area contributed by atoms with Gasteiger partial charge in [-0.15, -0.1) is 21.8 Å². The predicted octanol–water partition coefficient (Wildman–Crippen LogP) is 1.59. The van der Waals surface area contributed by atoms with Crippen LogP contribution in [0, 0.1) is 0 Å². The summed E-state index contributed by atoms with van der Waals surface area (Å²) in [4.78, 5) is 1.48. The van der Waals surface area contributed by atoms with Crippen molar-refractivity contribution in [2.45, 2.75) is 6.54 Å². The van der Waals surface area contributed by atoms with E-state index in [0.717, 1.165) is 11.3 Å². The molecule has 0 fully saturated rings. The molecule has 0 aliphatic heterocycles. The van der Waals surface area contributed by atoms with Gasteiger partial charge in [0.15, 0.2) is 0 Å². The van der Waals surface area contributed by atoms with Gasteiger partial charge >= 0.3 is 0 Å². The molecule has 6 heteroatoms. The second-order valence-electron chi connectivity index (χ2n) is 3.13. The van der Waals surface area contributed by atoms with Crippen LogP contribution in [0.1, 0.15) is 0 Å². The first kappa shape index (κ1) is 10.9. The molecule has 84 valence electrons. The van der Waals surface area contributed by atoms with Crippen LogP contribution >= 0.6 is 11.6 Å². The molecule has 2 aromatic rings. The molecule has 0 aliphatic rings. The Hall–Kier alpha value is -1.62. The lowest BCUT2D eigenvalue weighted by atomic mass is 10.2. The Labute approximate surface area is 98.0 Å². The van der Waals surface area contributed by atoms with Gasteiger partial charge in [0.05, 0.1) is 13.7 Å².